The highest BCUT2D eigenvalue weighted by Gasteiger charge is 2.11. The Morgan fingerprint density at radius 2 is 2.36 bits per heavy atom. The predicted molar refractivity (Wildman–Crippen MR) is 46.6 cm³/mol. The molecule has 1 fully saturated rings. The van der Waals surface area contributed by atoms with Crippen molar-refractivity contribution in [1.82, 2.24) is 15.5 Å². The van der Waals surface area contributed by atoms with Gasteiger partial charge in [0.25, 0.3) is 0 Å². The van der Waals surface area contributed by atoms with Gasteiger partial charge in [-0.2, -0.15) is 0 Å². The summed E-state index contributed by atoms with van der Waals surface area (Å²) in [4.78, 5) is 2.20. The Bertz CT molecular complexity index is 97.5. The maximum absolute atomic E-state index is 4.46. The molecule has 0 aromatic carbocycles. The van der Waals surface area contributed by atoms with E-state index < -0.39 is 0 Å². The standard InChI is InChI=1S/C8H18N3/c1-11(2)7-4-8-9-5-3-6-10-8/h8-9H,3-7H2,1-2H3. The number of rotatable bonds is 3. The molecule has 0 amide bonds. The van der Waals surface area contributed by atoms with Gasteiger partial charge in [0.2, 0.25) is 0 Å². The summed E-state index contributed by atoms with van der Waals surface area (Å²) in [5, 5.41) is 7.84. The number of nitrogens with one attached hydrogen (secondary N) is 1. The summed E-state index contributed by atoms with van der Waals surface area (Å²) in [5.41, 5.74) is 0. The molecule has 1 radical (unpaired) electrons. The monoisotopic (exact) mass is 156 g/mol. The van der Waals surface area contributed by atoms with Gasteiger partial charge in [0.05, 0.1) is 6.17 Å². The Morgan fingerprint density at radius 3 is 2.91 bits per heavy atom. The minimum atomic E-state index is 0.422. The molecular weight excluding hydrogens is 138 g/mol. The predicted octanol–water partition coefficient (Wildman–Crippen LogP) is -0.138. The van der Waals surface area contributed by atoms with Crippen LogP contribution in [0, 0.1) is 0 Å². The van der Waals surface area contributed by atoms with Crippen LogP contribution in [0.15, 0.2) is 0 Å². The third-order valence-corrected chi connectivity index (χ3v) is 1.91. The first-order valence-electron chi connectivity index (χ1n) is 4.34. The van der Waals surface area contributed by atoms with Gasteiger partial charge in [-0.15, -0.1) is 0 Å². The highest BCUT2D eigenvalue weighted by molar-refractivity contribution is 4.70. The smallest absolute Gasteiger partial charge is 0.0748 e. The van der Waals surface area contributed by atoms with Crippen molar-refractivity contribution in [2.45, 2.75) is 19.0 Å². The molecule has 11 heavy (non-hydrogen) atoms. The number of hydrogen-bond acceptors (Lipinski definition) is 2. The van der Waals surface area contributed by atoms with Gasteiger partial charge in [0, 0.05) is 13.1 Å². The van der Waals surface area contributed by atoms with E-state index in [0.717, 1.165) is 26.1 Å². The van der Waals surface area contributed by atoms with Crippen molar-refractivity contribution in [3.8, 4) is 0 Å². The molecule has 1 heterocycles. The summed E-state index contributed by atoms with van der Waals surface area (Å²) in [6.07, 6.45) is 2.78. The second kappa shape index (κ2) is 4.70. The Kier molecular flexibility index (Phi) is 3.83. The van der Waals surface area contributed by atoms with Crippen LogP contribution in [0.1, 0.15) is 12.8 Å². The average molecular weight is 156 g/mol. The average Bonchev–Trinajstić information content (AvgIpc) is 2.03. The molecule has 0 spiro atoms. The van der Waals surface area contributed by atoms with Crippen molar-refractivity contribution in [2.75, 3.05) is 33.7 Å². The maximum atomic E-state index is 4.46. The summed E-state index contributed by atoms with van der Waals surface area (Å²) in [6, 6.07) is 0. The van der Waals surface area contributed by atoms with Gasteiger partial charge < -0.3 is 10.2 Å². The summed E-state index contributed by atoms with van der Waals surface area (Å²) in [6.45, 7) is 3.31. The lowest BCUT2D eigenvalue weighted by Crippen LogP contribution is -2.45. The highest BCUT2D eigenvalue weighted by atomic mass is 15.2. The Balaban J connectivity index is 2.05. The first kappa shape index (κ1) is 8.97. The minimum absolute atomic E-state index is 0.422. The molecule has 3 heteroatoms. The fourth-order valence-corrected chi connectivity index (χ4v) is 1.23. The van der Waals surface area contributed by atoms with E-state index in [1.807, 2.05) is 0 Å². The first-order valence-corrected chi connectivity index (χ1v) is 4.34. The molecule has 1 unspecified atom stereocenters. The van der Waals surface area contributed by atoms with Crippen molar-refractivity contribution >= 4 is 0 Å². The number of hydrogen-bond donors (Lipinski definition) is 1. The number of nitrogens with zero attached hydrogens (tertiary/aromatic N) is 2. The van der Waals surface area contributed by atoms with E-state index in [1.54, 1.807) is 0 Å². The molecule has 1 aliphatic rings. The van der Waals surface area contributed by atoms with Gasteiger partial charge in [-0.1, -0.05) is 0 Å². The summed E-state index contributed by atoms with van der Waals surface area (Å²) in [5.74, 6) is 0. The summed E-state index contributed by atoms with van der Waals surface area (Å²) < 4.78 is 0. The van der Waals surface area contributed by atoms with E-state index in [0.29, 0.717) is 6.17 Å². The van der Waals surface area contributed by atoms with Crippen LogP contribution in [0.3, 0.4) is 0 Å². The molecule has 65 valence electrons. The van der Waals surface area contributed by atoms with Gasteiger partial charge in [0.15, 0.2) is 0 Å². The van der Waals surface area contributed by atoms with Crippen LogP contribution in [-0.2, 0) is 0 Å². The highest BCUT2D eigenvalue weighted by Crippen LogP contribution is 1.96. The van der Waals surface area contributed by atoms with Crippen molar-refractivity contribution in [1.29, 1.82) is 0 Å². The molecule has 0 aromatic rings. The molecule has 0 saturated carbocycles. The van der Waals surface area contributed by atoms with E-state index >= 15 is 0 Å². The summed E-state index contributed by atoms with van der Waals surface area (Å²) >= 11 is 0. The SMILES string of the molecule is CN(C)CCC1[N]CCCN1. The molecule has 1 N–H and O–H groups in total. The van der Waals surface area contributed by atoms with Crippen molar-refractivity contribution in [2.24, 2.45) is 0 Å². The lowest BCUT2D eigenvalue weighted by Gasteiger charge is -2.24. The largest absolute Gasteiger partial charge is 0.309 e. The normalized spacial score (nSPS) is 21.0. The van der Waals surface area contributed by atoms with Gasteiger partial charge in [-0.05, 0) is 33.5 Å². The van der Waals surface area contributed by atoms with Crippen molar-refractivity contribution in [3.05, 3.63) is 0 Å². The molecular formula is C8H18N3. The van der Waals surface area contributed by atoms with Gasteiger partial charge >= 0.3 is 0 Å². The van der Waals surface area contributed by atoms with Crippen molar-refractivity contribution < 1.29 is 0 Å². The third kappa shape index (κ3) is 3.70. The van der Waals surface area contributed by atoms with E-state index in [-0.39, 0.29) is 0 Å². The zero-order valence-electron chi connectivity index (χ0n) is 7.51. The molecule has 0 bridgehead atoms. The van der Waals surface area contributed by atoms with Crippen molar-refractivity contribution in [3.63, 3.8) is 0 Å². The van der Waals surface area contributed by atoms with Crippen LogP contribution in [0.5, 0.6) is 0 Å². The molecule has 1 saturated heterocycles. The van der Waals surface area contributed by atoms with Gasteiger partial charge in [-0.25, -0.2) is 5.32 Å². The molecule has 3 nitrogen and oxygen atoms in total. The fourth-order valence-electron chi connectivity index (χ4n) is 1.23. The van der Waals surface area contributed by atoms with Crippen LogP contribution in [0.2, 0.25) is 0 Å². The van der Waals surface area contributed by atoms with E-state index in [1.165, 1.54) is 6.42 Å². The second-order valence-corrected chi connectivity index (χ2v) is 3.32. The Morgan fingerprint density at radius 1 is 1.55 bits per heavy atom. The molecule has 1 rings (SSSR count). The van der Waals surface area contributed by atoms with E-state index in [9.17, 15) is 0 Å². The van der Waals surface area contributed by atoms with Crippen LogP contribution in [0.25, 0.3) is 0 Å². The van der Waals surface area contributed by atoms with E-state index in [4.69, 9.17) is 0 Å². The fraction of sp³-hybridized carbons (Fsp3) is 1.00. The minimum Gasteiger partial charge on any atom is -0.309 e. The lowest BCUT2D eigenvalue weighted by atomic mass is 10.2. The maximum Gasteiger partial charge on any atom is 0.0748 e. The van der Waals surface area contributed by atoms with E-state index in [2.05, 4.69) is 29.6 Å². The van der Waals surface area contributed by atoms with Crippen LogP contribution < -0.4 is 10.6 Å². The molecule has 1 atom stereocenters. The topological polar surface area (TPSA) is 29.4 Å². The summed E-state index contributed by atoms with van der Waals surface area (Å²) in [7, 11) is 4.20. The molecule has 0 aliphatic carbocycles. The van der Waals surface area contributed by atoms with Crippen LogP contribution >= 0.6 is 0 Å². The van der Waals surface area contributed by atoms with Gasteiger partial charge in [0.1, 0.15) is 0 Å². The zero-order chi connectivity index (χ0) is 8.10. The quantitative estimate of drug-likeness (QED) is 0.616. The molecule has 1 aliphatic heterocycles. The van der Waals surface area contributed by atoms with Crippen LogP contribution in [0.4, 0.5) is 0 Å². The Labute approximate surface area is 69.1 Å². The molecule has 0 aromatic heterocycles. The first-order chi connectivity index (χ1) is 5.29. The zero-order valence-corrected chi connectivity index (χ0v) is 7.51. The van der Waals surface area contributed by atoms with Gasteiger partial charge in [-0.3, -0.25) is 0 Å². The second-order valence-electron chi connectivity index (χ2n) is 3.32. The van der Waals surface area contributed by atoms with Crippen LogP contribution in [-0.4, -0.2) is 44.8 Å². The lowest BCUT2D eigenvalue weighted by molar-refractivity contribution is 0.298. The Hall–Kier alpha value is -0.120. The third-order valence-electron chi connectivity index (χ3n) is 1.91.